The van der Waals surface area contributed by atoms with Crippen LogP contribution in [0.5, 0.6) is 0 Å². The Morgan fingerprint density at radius 1 is 1.67 bits per heavy atom. The number of aromatic nitrogens is 1. The van der Waals surface area contributed by atoms with E-state index in [-0.39, 0.29) is 5.91 Å². The Hall–Kier alpha value is -1.42. The molecule has 1 aromatic heterocycles. The van der Waals surface area contributed by atoms with Crippen molar-refractivity contribution in [3.63, 3.8) is 0 Å². The molecule has 0 aliphatic rings. The minimum atomic E-state index is -0.473. The lowest BCUT2D eigenvalue weighted by atomic mass is 10.3. The number of rotatable bonds is 2. The van der Waals surface area contributed by atoms with Crippen molar-refractivity contribution < 1.29 is 4.79 Å². The number of amides is 1. The van der Waals surface area contributed by atoms with E-state index in [4.69, 9.17) is 5.73 Å². The normalized spacial score (nSPS) is 12.2. The third-order valence-electron chi connectivity index (χ3n) is 1.20. The number of carbonyl (C=O) groups excluding carboxylic acids is 1. The third-order valence-corrected chi connectivity index (χ3v) is 1.20. The highest BCUT2D eigenvalue weighted by Crippen LogP contribution is 1.93. The third kappa shape index (κ3) is 2.32. The van der Waals surface area contributed by atoms with Gasteiger partial charge in [-0.2, -0.15) is 0 Å². The molecule has 63 valence electrons. The molecule has 12 heavy (non-hydrogen) atoms. The number of nitrogens with two attached hydrogens (primary N) is 1. The first-order valence-corrected chi connectivity index (χ1v) is 3.62. The maximum atomic E-state index is 11.1. The lowest BCUT2D eigenvalue weighted by Crippen LogP contribution is -2.32. The van der Waals surface area contributed by atoms with Crippen molar-refractivity contribution in [2.45, 2.75) is 13.1 Å². The minimum Gasteiger partial charge on any atom is -0.310 e. The van der Waals surface area contributed by atoms with Crippen molar-refractivity contribution >= 4 is 5.91 Å². The Kier molecular flexibility index (Phi) is 2.76. The van der Waals surface area contributed by atoms with Crippen LogP contribution in [0.4, 0.5) is 0 Å². The van der Waals surface area contributed by atoms with E-state index in [1.807, 2.05) is 0 Å². The molecule has 0 saturated heterocycles. The molecule has 0 aromatic carbocycles. The summed E-state index contributed by atoms with van der Waals surface area (Å²) in [6.07, 6.45) is 1.07. The van der Waals surface area contributed by atoms with Gasteiger partial charge in [-0.3, -0.25) is 9.78 Å². The molecule has 2 N–H and O–H groups in total. The molecular formula is C8H10N3O. The molecule has 0 spiro atoms. The summed E-state index contributed by atoms with van der Waals surface area (Å²) in [5.74, 6) is -0.370. The fourth-order valence-electron chi connectivity index (χ4n) is 0.740. The second kappa shape index (κ2) is 3.82. The van der Waals surface area contributed by atoms with Crippen LogP contribution in [0.3, 0.4) is 0 Å². The second-order valence-electron chi connectivity index (χ2n) is 2.39. The summed E-state index contributed by atoms with van der Waals surface area (Å²) in [6, 6.07) is 5.08. The highest BCUT2D eigenvalue weighted by atomic mass is 16.2. The molecule has 1 rings (SSSR count). The van der Waals surface area contributed by atoms with Gasteiger partial charge in [-0.1, -0.05) is 6.07 Å². The fraction of sp³-hybridized carbons (Fsp3) is 0.250. The molecular weight excluding hydrogens is 154 g/mol. The van der Waals surface area contributed by atoms with Crippen LogP contribution in [-0.2, 0) is 0 Å². The Labute approximate surface area is 70.8 Å². The zero-order chi connectivity index (χ0) is 8.97. The molecule has 1 atom stereocenters. The average Bonchev–Trinajstić information content (AvgIpc) is 2.05. The van der Waals surface area contributed by atoms with Gasteiger partial charge in [0.05, 0.1) is 6.17 Å². The second-order valence-corrected chi connectivity index (χ2v) is 2.39. The van der Waals surface area contributed by atoms with Crippen molar-refractivity contribution in [3.8, 4) is 0 Å². The Bertz CT molecular complexity index is 258. The Morgan fingerprint density at radius 2 is 2.42 bits per heavy atom. The van der Waals surface area contributed by atoms with Gasteiger partial charge < -0.3 is 5.73 Å². The van der Waals surface area contributed by atoms with Crippen LogP contribution in [0, 0.1) is 0 Å². The van der Waals surface area contributed by atoms with E-state index in [0.717, 1.165) is 0 Å². The zero-order valence-electron chi connectivity index (χ0n) is 6.77. The molecule has 0 saturated carbocycles. The average molecular weight is 164 g/mol. The molecule has 4 heteroatoms. The van der Waals surface area contributed by atoms with Crippen molar-refractivity contribution in [2.24, 2.45) is 5.73 Å². The van der Waals surface area contributed by atoms with Gasteiger partial charge in [0.1, 0.15) is 5.69 Å². The van der Waals surface area contributed by atoms with Crippen LogP contribution in [-0.4, -0.2) is 17.1 Å². The van der Waals surface area contributed by atoms with Gasteiger partial charge in [-0.25, -0.2) is 5.32 Å². The molecule has 0 aliphatic heterocycles. The first-order valence-electron chi connectivity index (χ1n) is 3.62. The van der Waals surface area contributed by atoms with Gasteiger partial charge in [0.15, 0.2) is 0 Å². The van der Waals surface area contributed by atoms with E-state index in [0.29, 0.717) is 5.69 Å². The molecule has 0 aliphatic carbocycles. The van der Waals surface area contributed by atoms with E-state index in [1.54, 1.807) is 31.3 Å². The van der Waals surface area contributed by atoms with Crippen LogP contribution in [0.2, 0.25) is 0 Å². The predicted molar refractivity (Wildman–Crippen MR) is 44.4 cm³/mol. The number of pyridine rings is 1. The Balaban J connectivity index is 2.66. The number of hydrogen-bond acceptors (Lipinski definition) is 3. The molecule has 1 unspecified atom stereocenters. The molecule has 0 fully saturated rings. The summed E-state index contributed by atoms with van der Waals surface area (Å²) in [5, 5.41) is 3.62. The summed E-state index contributed by atoms with van der Waals surface area (Å²) in [6.45, 7) is 1.64. The fourth-order valence-corrected chi connectivity index (χ4v) is 0.740. The minimum absolute atomic E-state index is 0.329. The van der Waals surface area contributed by atoms with E-state index < -0.39 is 6.17 Å². The van der Waals surface area contributed by atoms with Gasteiger partial charge in [0.25, 0.3) is 5.91 Å². The largest absolute Gasteiger partial charge is 0.310 e. The molecule has 1 heterocycles. The monoisotopic (exact) mass is 164 g/mol. The quantitative estimate of drug-likeness (QED) is 0.675. The van der Waals surface area contributed by atoms with Gasteiger partial charge >= 0.3 is 0 Å². The van der Waals surface area contributed by atoms with Gasteiger partial charge in [-0.15, -0.1) is 0 Å². The lowest BCUT2D eigenvalue weighted by Gasteiger charge is -2.02. The number of carbonyl (C=O) groups is 1. The van der Waals surface area contributed by atoms with Crippen LogP contribution >= 0.6 is 0 Å². The molecule has 0 bridgehead atoms. The first kappa shape index (κ1) is 8.67. The van der Waals surface area contributed by atoms with Crippen LogP contribution < -0.4 is 11.1 Å². The number of hydrogen-bond donors (Lipinski definition) is 1. The smallest absolute Gasteiger partial charge is 0.292 e. The van der Waals surface area contributed by atoms with Crippen molar-refractivity contribution in [3.05, 3.63) is 30.1 Å². The van der Waals surface area contributed by atoms with Crippen molar-refractivity contribution in [1.29, 1.82) is 0 Å². The van der Waals surface area contributed by atoms with Crippen molar-refractivity contribution in [2.75, 3.05) is 0 Å². The number of nitrogens with zero attached hydrogens (tertiary/aromatic N) is 2. The summed E-state index contributed by atoms with van der Waals surface area (Å²) < 4.78 is 0. The van der Waals surface area contributed by atoms with Gasteiger partial charge in [-0.05, 0) is 19.1 Å². The lowest BCUT2D eigenvalue weighted by molar-refractivity contribution is 0.0931. The maximum absolute atomic E-state index is 11.1. The SMILES string of the molecule is CC(N)[N]C(=O)c1ccccn1. The summed E-state index contributed by atoms with van der Waals surface area (Å²) in [5.41, 5.74) is 5.64. The van der Waals surface area contributed by atoms with Crippen LogP contribution in [0.1, 0.15) is 17.4 Å². The zero-order valence-corrected chi connectivity index (χ0v) is 6.77. The maximum Gasteiger partial charge on any atom is 0.292 e. The standard InChI is InChI=1S/C8H10N3O/c1-6(9)11-8(12)7-4-2-3-5-10-7/h2-6H,9H2,1H3. The van der Waals surface area contributed by atoms with Crippen molar-refractivity contribution in [1.82, 2.24) is 10.3 Å². The molecule has 4 nitrogen and oxygen atoms in total. The van der Waals surface area contributed by atoms with E-state index in [1.165, 1.54) is 0 Å². The van der Waals surface area contributed by atoms with Crippen LogP contribution in [0.25, 0.3) is 0 Å². The van der Waals surface area contributed by atoms with E-state index in [9.17, 15) is 4.79 Å². The van der Waals surface area contributed by atoms with E-state index >= 15 is 0 Å². The topological polar surface area (TPSA) is 70.1 Å². The summed E-state index contributed by atoms with van der Waals surface area (Å²) >= 11 is 0. The van der Waals surface area contributed by atoms with Gasteiger partial charge in [0, 0.05) is 6.20 Å². The highest BCUT2D eigenvalue weighted by molar-refractivity contribution is 5.92. The summed E-state index contributed by atoms with van der Waals surface area (Å²) in [4.78, 5) is 15.0. The first-order chi connectivity index (χ1) is 5.70. The summed E-state index contributed by atoms with van der Waals surface area (Å²) in [7, 11) is 0. The molecule has 1 aromatic rings. The van der Waals surface area contributed by atoms with Crippen LogP contribution in [0.15, 0.2) is 24.4 Å². The molecule has 1 radical (unpaired) electrons. The van der Waals surface area contributed by atoms with Gasteiger partial charge in [0.2, 0.25) is 0 Å². The predicted octanol–water partition coefficient (Wildman–Crippen LogP) is 0.131. The Morgan fingerprint density at radius 3 is 2.92 bits per heavy atom. The molecule has 1 amide bonds. The van der Waals surface area contributed by atoms with E-state index in [2.05, 4.69) is 10.3 Å². The highest BCUT2D eigenvalue weighted by Gasteiger charge is 2.08.